The highest BCUT2D eigenvalue weighted by Crippen LogP contribution is 2.24. The zero-order chi connectivity index (χ0) is 21.8. The molecule has 0 atom stereocenters. The first kappa shape index (κ1) is 20.5. The minimum absolute atomic E-state index is 0.129. The van der Waals surface area contributed by atoms with Gasteiger partial charge in [-0.2, -0.15) is 0 Å². The fourth-order valence-electron chi connectivity index (χ4n) is 4.20. The third-order valence-corrected chi connectivity index (χ3v) is 6.03. The molecular formula is C25H27N5O2. The van der Waals surface area contributed by atoms with Gasteiger partial charge in [0.05, 0.1) is 18.9 Å². The van der Waals surface area contributed by atoms with Crippen LogP contribution in [0, 0.1) is 0 Å². The summed E-state index contributed by atoms with van der Waals surface area (Å²) < 4.78 is 5.40. The fraction of sp³-hybridized carbons (Fsp3) is 0.320. The Kier molecular flexibility index (Phi) is 5.98. The maximum Gasteiger partial charge on any atom is 0.255 e. The lowest BCUT2D eigenvalue weighted by molar-refractivity contribution is 0.102. The van der Waals surface area contributed by atoms with Crippen molar-refractivity contribution in [3.63, 3.8) is 0 Å². The number of morpholine rings is 1. The third kappa shape index (κ3) is 4.57. The van der Waals surface area contributed by atoms with Crippen molar-refractivity contribution in [2.75, 3.05) is 54.5 Å². The van der Waals surface area contributed by atoms with Gasteiger partial charge in [-0.1, -0.05) is 12.1 Å². The molecule has 0 aliphatic carbocycles. The van der Waals surface area contributed by atoms with Gasteiger partial charge in [0.2, 0.25) is 0 Å². The summed E-state index contributed by atoms with van der Waals surface area (Å²) in [5.74, 6) is 0.839. The van der Waals surface area contributed by atoms with Gasteiger partial charge in [0.1, 0.15) is 12.1 Å². The zero-order valence-electron chi connectivity index (χ0n) is 18.0. The van der Waals surface area contributed by atoms with E-state index in [1.165, 1.54) is 12.8 Å². The van der Waals surface area contributed by atoms with Crippen molar-refractivity contribution in [3.8, 4) is 11.3 Å². The average Bonchev–Trinajstić information content (AvgIpc) is 3.40. The van der Waals surface area contributed by atoms with Crippen LogP contribution in [0.15, 0.2) is 60.9 Å². The Bertz CT molecular complexity index is 1060. The van der Waals surface area contributed by atoms with Crippen molar-refractivity contribution in [1.29, 1.82) is 0 Å². The molecule has 5 rings (SSSR count). The number of rotatable bonds is 5. The van der Waals surface area contributed by atoms with E-state index in [0.29, 0.717) is 5.56 Å². The molecule has 0 spiro atoms. The number of aromatic nitrogens is 2. The summed E-state index contributed by atoms with van der Waals surface area (Å²) in [5.41, 5.74) is 4.38. The molecule has 7 nitrogen and oxygen atoms in total. The van der Waals surface area contributed by atoms with Crippen molar-refractivity contribution in [2.24, 2.45) is 0 Å². The molecule has 2 fully saturated rings. The van der Waals surface area contributed by atoms with E-state index in [2.05, 4.69) is 25.1 Å². The van der Waals surface area contributed by atoms with Crippen LogP contribution in [0.5, 0.6) is 0 Å². The molecule has 0 radical (unpaired) electrons. The molecule has 32 heavy (non-hydrogen) atoms. The molecule has 2 saturated heterocycles. The van der Waals surface area contributed by atoms with Crippen LogP contribution in [0.4, 0.5) is 17.2 Å². The molecule has 1 N–H and O–H groups in total. The molecule has 7 heteroatoms. The maximum atomic E-state index is 12.7. The van der Waals surface area contributed by atoms with Crippen molar-refractivity contribution >= 4 is 23.1 Å². The zero-order valence-corrected chi connectivity index (χ0v) is 18.0. The minimum atomic E-state index is -0.129. The summed E-state index contributed by atoms with van der Waals surface area (Å²) in [6.07, 6.45) is 4.03. The number of nitrogens with zero attached hydrogens (tertiary/aromatic N) is 4. The highest BCUT2D eigenvalue weighted by molar-refractivity contribution is 6.04. The first-order chi connectivity index (χ1) is 15.8. The topological polar surface area (TPSA) is 70.6 Å². The fourth-order valence-corrected chi connectivity index (χ4v) is 4.20. The molecule has 0 saturated carbocycles. The van der Waals surface area contributed by atoms with Crippen LogP contribution in [-0.4, -0.2) is 55.3 Å². The van der Waals surface area contributed by atoms with E-state index in [1.807, 2.05) is 54.6 Å². The molecule has 2 aromatic carbocycles. The molecule has 2 aliphatic rings. The summed E-state index contributed by atoms with van der Waals surface area (Å²) in [5, 5.41) is 2.98. The predicted octanol–water partition coefficient (Wildman–Crippen LogP) is 3.83. The van der Waals surface area contributed by atoms with Gasteiger partial charge in [0.15, 0.2) is 0 Å². The van der Waals surface area contributed by atoms with Crippen LogP contribution in [0.2, 0.25) is 0 Å². The van der Waals surface area contributed by atoms with Gasteiger partial charge >= 0.3 is 0 Å². The Labute approximate surface area is 188 Å². The van der Waals surface area contributed by atoms with Crippen molar-refractivity contribution in [3.05, 3.63) is 66.5 Å². The van der Waals surface area contributed by atoms with E-state index in [1.54, 1.807) is 6.33 Å². The summed E-state index contributed by atoms with van der Waals surface area (Å²) in [7, 11) is 0. The van der Waals surface area contributed by atoms with Gasteiger partial charge in [-0.15, -0.1) is 0 Å². The van der Waals surface area contributed by atoms with Gasteiger partial charge in [0.25, 0.3) is 5.91 Å². The van der Waals surface area contributed by atoms with Crippen molar-refractivity contribution < 1.29 is 9.53 Å². The highest BCUT2D eigenvalue weighted by Gasteiger charge is 2.15. The molecule has 0 bridgehead atoms. The number of nitrogens with one attached hydrogen (secondary N) is 1. The number of ether oxygens (including phenoxy) is 1. The van der Waals surface area contributed by atoms with E-state index in [0.717, 1.165) is 67.8 Å². The predicted molar refractivity (Wildman–Crippen MR) is 126 cm³/mol. The highest BCUT2D eigenvalue weighted by atomic mass is 16.5. The lowest BCUT2D eigenvalue weighted by Crippen LogP contribution is -2.36. The average molecular weight is 430 g/mol. The van der Waals surface area contributed by atoms with Gasteiger partial charge in [-0.3, -0.25) is 4.79 Å². The number of hydrogen-bond acceptors (Lipinski definition) is 6. The Hall–Kier alpha value is -3.45. The van der Waals surface area contributed by atoms with E-state index in [4.69, 9.17) is 4.74 Å². The number of carbonyl (C=O) groups is 1. The Morgan fingerprint density at radius 1 is 0.844 bits per heavy atom. The Balaban J connectivity index is 1.24. The quantitative estimate of drug-likeness (QED) is 0.665. The van der Waals surface area contributed by atoms with Crippen LogP contribution in [0.1, 0.15) is 23.2 Å². The second-order valence-electron chi connectivity index (χ2n) is 8.13. The molecule has 0 unspecified atom stereocenters. The van der Waals surface area contributed by atoms with E-state index in [-0.39, 0.29) is 5.91 Å². The molecule has 164 valence electrons. The second kappa shape index (κ2) is 9.36. The first-order valence-corrected chi connectivity index (χ1v) is 11.2. The Morgan fingerprint density at radius 3 is 2.28 bits per heavy atom. The first-order valence-electron chi connectivity index (χ1n) is 11.2. The third-order valence-electron chi connectivity index (χ3n) is 6.03. The van der Waals surface area contributed by atoms with Crippen LogP contribution >= 0.6 is 0 Å². The standard InChI is InChI=1S/C25H27N5O2/c31-25(28-21-7-9-22(10-8-21)29-13-15-32-16-14-29)20-5-3-19(4-6-20)23-17-24(27-18-26-23)30-11-1-2-12-30/h3-10,17-18H,1-2,11-16H2,(H,28,31). The minimum Gasteiger partial charge on any atom is -0.378 e. The van der Waals surface area contributed by atoms with Crippen molar-refractivity contribution in [2.45, 2.75) is 12.8 Å². The molecule has 3 heterocycles. The summed E-state index contributed by atoms with van der Waals surface area (Å²) in [6, 6.07) is 17.5. The molecule has 2 aliphatic heterocycles. The maximum absolute atomic E-state index is 12.7. The van der Waals surface area contributed by atoms with Crippen LogP contribution in [0.3, 0.4) is 0 Å². The molecule has 3 aromatic rings. The number of amides is 1. The van der Waals surface area contributed by atoms with Crippen molar-refractivity contribution in [1.82, 2.24) is 9.97 Å². The van der Waals surface area contributed by atoms with E-state index in [9.17, 15) is 4.79 Å². The molecule has 1 aromatic heterocycles. The number of hydrogen-bond donors (Lipinski definition) is 1. The number of carbonyl (C=O) groups excluding carboxylic acids is 1. The van der Waals surface area contributed by atoms with Gasteiger partial charge in [-0.25, -0.2) is 9.97 Å². The lowest BCUT2D eigenvalue weighted by atomic mass is 10.1. The second-order valence-corrected chi connectivity index (χ2v) is 8.13. The van der Waals surface area contributed by atoms with Crippen LogP contribution < -0.4 is 15.1 Å². The van der Waals surface area contributed by atoms with Crippen LogP contribution in [0.25, 0.3) is 11.3 Å². The van der Waals surface area contributed by atoms with Gasteiger partial charge < -0.3 is 19.9 Å². The summed E-state index contributed by atoms with van der Waals surface area (Å²) in [4.78, 5) is 26.1. The summed E-state index contributed by atoms with van der Waals surface area (Å²) >= 11 is 0. The van der Waals surface area contributed by atoms with Gasteiger partial charge in [-0.05, 0) is 49.2 Å². The SMILES string of the molecule is O=C(Nc1ccc(N2CCOCC2)cc1)c1ccc(-c2cc(N3CCCC3)ncn2)cc1. The molecule has 1 amide bonds. The van der Waals surface area contributed by atoms with E-state index < -0.39 is 0 Å². The Morgan fingerprint density at radius 2 is 1.56 bits per heavy atom. The normalized spacial score (nSPS) is 16.2. The lowest BCUT2D eigenvalue weighted by Gasteiger charge is -2.28. The summed E-state index contributed by atoms with van der Waals surface area (Å²) in [6.45, 7) is 5.38. The number of anilines is 3. The van der Waals surface area contributed by atoms with Gasteiger partial charge in [0, 0.05) is 54.7 Å². The van der Waals surface area contributed by atoms with Crippen LogP contribution in [-0.2, 0) is 4.74 Å². The smallest absolute Gasteiger partial charge is 0.255 e. The monoisotopic (exact) mass is 429 g/mol. The number of benzene rings is 2. The molecular weight excluding hydrogens is 402 g/mol. The largest absolute Gasteiger partial charge is 0.378 e. The van der Waals surface area contributed by atoms with E-state index >= 15 is 0 Å².